The van der Waals surface area contributed by atoms with Crippen molar-refractivity contribution >= 4 is 11.3 Å². The highest BCUT2D eigenvalue weighted by Crippen LogP contribution is 2.38. The molecule has 5 nitrogen and oxygen atoms in total. The predicted molar refractivity (Wildman–Crippen MR) is 75.4 cm³/mol. The first-order valence-corrected chi connectivity index (χ1v) is 7.87. The molecule has 6 heteroatoms. The van der Waals surface area contributed by atoms with E-state index in [1.807, 2.05) is 17.5 Å². The van der Waals surface area contributed by atoms with Crippen LogP contribution in [0, 0.1) is 5.41 Å². The van der Waals surface area contributed by atoms with Gasteiger partial charge < -0.3 is 9.15 Å². The molecule has 1 spiro atoms. The number of hydrogen-bond acceptors (Lipinski definition) is 6. The van der Waals surface area contributed by atoms with Gasteiger partial charge in [0.05, 0.1) is 18.0 Å². The van der Waals surface area contributed by atoms with E-state index in [9.17, 15) is 0 Å². The number of thiophene rings is 1. The van der Waals surface area contributed by atoms with Crippen molar-refractivity contribution in [2.75, 3.05) is 26.3 Å². The largest absolute Gasteiger partial charge is 0.419 e. The first kappa shape index (κ1) is 12.5. The van der Waals surface area contributed by atoms with E-state index in [1.165, 1.54) is 12.8 Å². The minimum absolute atomic E-state index is 0.386. The van der Waals surface area contributed by atoms with Crippen LogP contribution in [-0.4, -0.2) is 41.4 Å². The first-order valence-electron chi connectivity index (χ1n) is 6.99. The van der Waals surface area contributed by atoms with Crippen LogP contribution in [0.4, 0.5) is 0 Å². The van der Waals surface area contributed by atoms with Gasteiger partial charge in [0.25, 0.3) is 5.89 Å². The highest BCUT2D eigenvalue weighted by molar-refractivity contribution is 7.13. The lowest BCUT2D eigenvalue weighted by molar-refractivity contribution is 0.150. The molecular weight excluding hydrogens is 274 g/mol. The molecule has 2 aromatic rings. The Hall–Kier alpha value is -1.24. The number of ether oxygens (including phenoxy) is 1. The molecule has 2 fully saturated rings. The molecule has 1 atom stereocenters. The van der Waals surface area contributed by atoms with Crippen LogP contribution in [0.2, 0.25) is 0 Å². The van der Waals surface area contributed by atoms with Gasteiger partial charge >= 0.3 is 0 Å². The molecule has 106 valence electrons. The Kier molecular flexibility index (Phi) is 3.09. The van der Waals surface area contributed by atoms with Gasteiger partial charge in [-0.15, -0.1) is 21.5 Å². The standard InChI is InChI=1S/C14H17N3O2S/c1-2-11(20-7-1)13-16-15-12(19-13)8-17-5-3-14(9-17)4-6-18-10-14/h1-2,7H,3-6,8-10H2. The Labute approximate surface area is 121 Å². The van der Waals surface area contributed by atoms with Crippen LogP contribution in [0.15, 0.2) is 21.9 Å². The molecule has 2 saturated heterocycles. The van der Waals surface area contributed by atoms with Gasteiger partial charge in [0, 0.05) is 18.6 Å². The Morgan fingerprint density at radius 1 is 1.35 bits per heavy atom. The van der Waals surface area contributed by atoms with Gasteiger partial charge in [-0.25, -0.2) is 0 Å². The maximum Gasteiger partial charge on any atom is 0.257 e. The molecule has 0 saturated carbocycles. The molecule has 0 bridgehead atoms. The summed E-state index contributed by atoms with van der Waals surface area (Å²) >= 11 is 1.62. The molecule has 1 unspecified atom stereocenters. The molecular formula is C14H17N3O2S. The average molecular weight is 291 g/mol. The molecule has 4 heterocycles. The van der Waals surface area contributed by atoms with Gasteiger partial charge in [-0.1, -0.05) is 6.07 Å². The van der Waals surface area contributed by atoms with Gasteiger partial charge in [-0.05, 0) is 30.8 Å². The SMILES string of the molecule is c1csc(-c2nnc(CN3CCC4(CCOC4)C3)o2)c1. The van der Waals surface area contributed by atoms with Crippen LogP contribution in [-0.2, 0) is 11.3 Å². The molecule has 0 radical (unpaired) electrons. The molecule has 0 amide bonds. The Morgan fingerprint density at radius 2 is 2.35 bits per heavy atom. The van der Waals surface area contributed by atoms with Crippen molar-refractivity contribution in [1.29, 1.82) is 0 Å². The second kappa shape index (κ2) is 4.95. The van der Waals surface area contributed by atoms with E-state index in [1.54, 1.807) is 11.3 Å². The molecule has 4 rings (SSSR count). The summed E-state index contributed by atoms with van der Waals surface area (Å²) < 4.78 is 11.3. The lowest BCUT2D eigenvalue weighted by Crippen LogP contribution is -2.27. The van der Waals surface area contributed by atoms with Gasteiger partial charge in [-0.2, -0.15) is 0 Å². The van der Waals surface area contributed by atoms with Crippen molar-refractivity contribution in [3.05, 3.63) is 23.4 Å². The van der Waals surface area contributed by atoms with E-state index in [0.717, 1.165) is 37.7 Å². The zero-order valence-corrected chi connectivity index (χ0v) is 12.1. The van der Waals surface area contributed by atoms with Crippen molar-refractivity contribution in [1.82, 2.24) is 15.1 Å². The molecule has 2 aliphatic heterocycles. The maximum atomic E-state index is 5.76. The fourth-order valence-corrected chi connectivity index (χ4v) is 3.79. The smallest absolute Gasteiger partial charge is 0.257 e. The van der Waals surface area contributed by atoms with E-state index >= 15 is 0 Å². The van der Waals surface area contributed by atoms with E-state index in [-0.39, 0.29) is 0 Å². The lowest BCUT2D eigenvalue weighted by atomic mass is 9.87. The fraction of sp³-hybridized carbons (Fsp3) is 0.571. The molecule has 20 heavy (non-hydrogen) atoms. The van der Waals surface area contributed by atoms with Crippen molar-refractivity contribution in [2.24, 2.45) is 5.41 Å². The Balaban J connectivity index is 1.43. The molecule has 0 aliphatic carbocycles. The highest BCUT2D eigenvalue weighted by atomic mass is 32.1. The highest BCUT2D eigenvalue weighted by Gasteiger charge is 2.41. The van der Waals surface area contributed by atoms with Crippen LogP contribution in [0.25, 0.3) is 10.8 Å². The van der Waals surface area contributed by atoms with Gasteiger partial charge in [0.1, 0.15) is 0 Å². The van der Waals surface area contributed by atoms with Crippen molar-refractivity contribution < 1.29 is 9.15 Å². The third-order valence-corrected chi connectivity index (χ3v) is 5.12. The molecule has 0 aromatic carbocycles. The predicted octanol–water partition coefficient (Wildman–Crippen LogP) is 2.41. The summed E-state index contributed by atoms with van der Waals surface area (Å²) in [6.45, 7) is 4.76. The normalized spacial score (nSPS) is 26.8. The topological polar surface area (TPSA) is 51.4 Å². The van der Waals surface area contributed by atoms with Crippen molar-refractivity contribution in [2.45, 2.75) is 19.4 Å². The van der Waals surface area contributed by atoms with Crippen LogP contribution in [0.1, 0.15) is 18.7 Å². The first-order chi connectivity index (χ1) is 9.83. The third-order valence-electron chi connectivity index (χ3n) is 4.26. The summed E-state index contributed by atoms with van der Waals surface area (Å²) in [7, 11) is 0. The maximum absolute atomic E-state index is 5.76. The van der Waals surface area contributed by atoms with Gasteiger partial charge in [-0.3, -0.25) is 4.90 Å². The van der Waals surface area contributed by atoms with Crippen LogP contribution >= 0.6 is 11.3 Å². The third kappa shape index (κ3) is 2.28. The van der Waals surface area contributed by atoms with E-state index in [4.69, 9.17) is 9.15 Å². The van der Waals surface area contributed by atoms with Crippen LogP contribution in [0.5, 0.6) is 0 Å². The second-order valence-electron chi connectivity index (χ2n) is 5.74. The molecule has 0 N–H and O–H groups in total. The number of hydrogen-bond donors (Lipinski definition) is 0. The second-order valence-corrected chi connectivity index (χ2v) is 6.69. The summed E-state index contributed by atoms with van der Waals surface area (Å²) in [5.41, 5.74) is 0.386. The van der Waals surface area contributed by atoms with Crippen LogP contribution in [0.3, 0.4) is 0 Å². The average Bonchev–Trinajstić information content (AvgIpc) is 3.21. The van der Waals surface area contributed by atoms with Gasteiger partial charge in [0.2, 0.25) is 5.89 Å². The summed E-state index contributed by atoms with van der Waals surface area (Å²) in [6.07, 6.45) is 2.41. The minimum atomic E-state index is 0.386. The monoisotopic (exact) mass is 291 g/mol. The molecule has 2 aromatic heterocycles. The summed E-state index contributed by atoms with van der Waals surface area (Å²) in [5, 5.41) is 10.3. The molecule has 2 aliphatic rings. The zero-order valence-electron chi connectivity index (χ0n) is 11.2. The van der Waals surface area contributed by atoms with E-state index in [0.29, 0.717) is 17.2 Å². The summed E-state index contributed by atoms with van der Waals surface area (Å²) in [6, 6.07) is 4.00. The number of nitrogens with zero attached hydrogens (tertiary/aromatic N) is 3. The zero-order chi connectivity index (χ0) is 13.4. The Bertz CT molecular complexity index is 575. The summed E-state index contributed by atoms with van der Waals surface area (Å²) in [5.74, 6) is 1.34. The van der Waals surface area contributed by atoms with Gasteiger partial charge in [0.15, 0.2) is 0 Å². The lowest BCUT2D eigenvalue weighted by Gasteiger charge is -2.20. The van der Waals surface area contributed by atoms with E-state index in [2.05, 4.69) is 15.1 Å². The summed E-state index contributed by atoms with van der Waals surface area (Å²) in [4.78, 5) is 3.44. The Morgan fingerprint density at radius 3 is 3.15 bits per heavy atom. The number of aromatic nitrogens is 2. The van der Waals surface area contributed by atoms with Crippen molar-refractivity contribution in [3.8, 4) is 10.8 Å². The fourth-order valence-electron chi connectivity index (χ4n) is 3.14. The minimum Gasteiger partial charge on any atom is -0.419 e. The van der Waals surface area contributed by atoms with E-state index < -0.39 is 0 Å². The number of likely N-dealkylation sites (tertiary alicyclic amines) is 1. The number of rotatable bonds is 3. The van der Waals surface area contributed by atoms with Crippen molar-refractivity contribution in [3.63, 3.8) is 0 Å². The quantitative estimate of drug-likeness (QED) is 0.869. The van der Waals surface area contributed by atoms with Crippen LogP contribution < -0.4 is 0 Å².